The first-order valence-electron chi connectivity index (χ1n) is 10.5. The monoisotopic (exact) mass is 530 g/mol. The lowest BCUT2D eigenvalue weighted by Crippen LogP contribution is -2.70. The first-order chi connectivity index (χ1) is 13.0. The van der Waals surface area contributed by atoms with Crippen LogP contribution in [0.3, 0.4) is 0 Å². The molecule has 6 heteroatoms. The minimum absolute atomic E-state index is 0.0830. The van der Waals surface area contributed by atoms with Crippen LogP contribution in [0.1, 0.15) is 54.4 Å². The molecule has 2 fully saturated rings. The number of hydrogen-bond donors (Lipinski definition) is 0. The number of fused-ring (bicyclic) bond motifs is 1. The third-order valence-corrected chi connectivity index (χ3v) is 13.9. The van der Waals surface area contributed by atoms with Crippen molar-refractivity contribution in [3.05, 3.63) is 22.3 Å². The second-order valence-corrected chi connectivity index (χ2v) is 17.3. The van der Waals surface area contributed by atoms with Crippen LogP contribution in [-0.4, -0.2) is 25.9 Å². The van der Waals surface area contributed by atoms with Gasteiger partial charge in [-0.25, -0.2) is 0 Å². The van der Waals surface area contributed by atoms with Crippen LogP contribution < -0.4 is 0 Å². The maximum Gasteiger partial charge on any atom is 0.314 e. The van der Waals surface area contributed by atoms with Crippen LogP contribution in [0, 0.1) is 28.6 Å². The number of ether oxygens (including phenoxy) is 1. The van der Waals surface area contributed by atoms with Crippen molar-refractivity contribution >= 4 is 42.8 Å². The minimum Gasteiger partial charge on any atom is -0.519 e. The van der Waals surface area contributed by atoms with Crippen LogP contribution in [0.25, 0.3) is 0 Å². The van der Waals surface area contributed by atoms with Gasteiger partial charge in [0.05, 0.1) is 5.92 Å². The van der Waals surface area contributed by atoms with Crippen LogP contribution in [0.4, 0.5) is 0 Å². The first kappa shape index (κ1) is 23.0. The average molecular weight is 531 g/mol. The van der Waals surface area contributed by atoms with Crippen LogP contribution >= 0.6 is 22.6 Å². The fourth-order valence-electron chi connectivity index (χ4n) is 5.35. The summed E-state index contributed by atoms with van der Waals surface area (Å²) >= 11 is 2.29. The highest BCUT2D eigenvalue weighted by molar-refractivity contribution is 14.1. The SMILES string of the molecule is C=CC1(C)CC[C@H]2C(C)(C)[C@@H]3C=C(I)[C@]2(OC3=O)[C@H]1C(=O)O[Si](C)(C)C(C)(C)C. The Kier molecular flexibility index (Phi) is 5.31. The van der Waals surface area contributed by atoms with E-state index in [2.05, 4.69) is 83.8 Å². The van der Waals surface area contributed by atoms with Gasteiger partial charge in [0.15, 0.2) is 5.60 Å². The van der Waals surface area contributed by atoms with Crippen LogP contribution in [0.2, 0.25) is 18.1 Å². The molecule has 4 aliphatic rings. The highest BCUT2D eigenvalue weighted by Gasteiger charge is 2.72. The van der Waals surface area contributed by atoms with Gasteiger partial charge >= 0.3 is 11.9 Å². The summed E-state index contributed by atoms with van der Waals surface area (Å²) in [4.78, 5) is 26.8. The number of hydrogen-bond acceptors (Lipinski definition) is 4. The number of allylic oxidation sites excluding steroid dienone is 1. The van der Waals surface area contributed by atoms with Crippen molar-refractivity contribution < 1.29 is 18.8 Å². The molecule has 0 radical (unpaired) electrons. The van der Waals surface area contributed by atoms with E-state index < -0.39 is 25.3 Å². The van der Waals surface area contributed by atoms with Crippen molar-refractivity contribution in [1.29, 1.82) is 0 Å². The van der Waals surface area contributed by atoms with E-state index in [0.717, 1.165) is 16.4 Å². The molecule has 1 saturated heterocycles. The molecule has 2 bridgehead atoms. The van der Waals surface area contributed by atoms with Gasteiger partial charge in [-0.15, -0.1) is 6.58 Å². The standard InChI is InChI=1S/C23H35IO4Si/c1-10-22(7)12-11-15-21(5,6)14-13-16(24)23(15,27-18(14)25)17(22)19(26)28-29(8,9)20(2,3)4/h10,13-15,17H,1,11-12H2,2-9H3/t14-,15+,17+,22?,23+/m1/s1. The summed E-state index contributed by atoms with van der Waals surface area (Å²) in [5.41, 5.74) is -1.72. The second-order valence-electron chi connectivity index (χ2n) is 11.4. The smallest absolute Gasteiger partial charge is 0.314 e. The fraction of sp³-hybridized carbons (Fsp3) is 0.739. The van der Waals surface area contributed by atoms with Gasteiger partial charge in [-0.1, -0.05) is 53.7 Å². The van der Waals surface area contributed by atoms with Crippen LogP contribution in [0.5, 0.6) is 0 Å². The molecule has 2 heterocycles. The number of esters is 1. The van der Waals surface area contributed by atoms with Gasteiger partial charge in [-0.2, -0.15) is 0 Å². The maximum absolute atomic E-state index is 13.9. The summed E-state index contributed by atoms with van der Waals surface area (Å²) in [6, 6.07) is 0. The molecule has 0 aromatic heterocycles. The molecule has 2 aliphatic carbocycles. The van der Waals surface area contributed by atoms with Gasteiger partial charge in [0.2, 0.25) is 0 Å². The highest BCUT2D eigenvalue weighted by Crippen LogP contribution is 2.67. The number of carbonyl (C=O) groups is 2. The van der Waals surface area contributed by atoms with E-state index in [0.29, 0.717) is 0 Å². The average Bonchev–Trinajstić information content (AvgIpc) is 2.55. The molecule has 1 unspecified atom stereocenters. The zero-order chi connectivity index (χ0) is 22.2. The fourth-order valence-corrected chi connectivity index (χ4v) is 7.43. The Morgan fingerprint density at radius 1 is 1.34 bits per heavy atom. The molecular weight excluding hydrogens is 495 g/mol. The molecule has 1 saturated carbocycles. The van der Waals surface area contributed by atoms with E-state index in [1.54, 1.807) is 0 Å². The van der Waals surface area contributed by atoms with Gasteiger partial charge in [0, 0.05) is 14.9 Å². The maximum atomic E-state index is 13.9. The molecule has 1 spiro atoms. The minimum atomic E-state index is -2.34. The number of halogens is 1. The highest BCUT2D eigenvalue weighted by atomic mass is 127. The van der Waals surface area contributed by atoms with E-state index in [1.807, 2.05) is 12.2 Å². The van der Waals surface area contributed by atoms with Crippen LogP contribution in [0.15, 0.2) is 22.3 Å². The number of rotatable bonds is 3. The zero-order valence-corrected chi connectivity index (χ0v) is 22.2. The lowest BCUT2D eigenvalue weighted by Gasteiger charge is -2.64. The third kappa shape index (κ3) is 3.10. The summed E-state index contributed by atoms with van der Waals surface area (Å²) in [5, 5.41) is -0.0951. The van der Waals surface area contributed by atoms with Gasteiger partial charge < -0.3 is 9.16 Å². The van der Waals surface area contributed by atoms with Gasteiger partial charge in [-0.3, -0.25) is 9.59 Å². The Labute approximate surface area is 190 Å². The predicted octanol–water partition coefficient (Wildman–Crippen LogP) is 6.02. The van der Waals surface area contributed by atoms with Crippen LogP contribution in [-0.2, 0) is 18.8 Å². The van der Waals surface area contributed by atoms with Crippen molar-refractivity contribution in [2.75, 3.05) is 0 Å². The largest absolute Gasteiger partial charge is 0.519 e. The van der Waals surface area contributed by atoms with Crippen molar-refractivity contribution in [2.24, 2.45) is 28.6 Å². The Balaban J connectivity index is 2.17. The van der Waals surface area contributed by atoms with Crippen molar-refractivity contribution in [1.82, 2.24) is 0 Å². The second kappa shape index (κ2) is 6.68. The molecule has 4 nitrogen and oxygen atoms in total. The molecule has 29 heavy (non-hydrogen) atoms. The quantitative estimate of drug-likeness (QED) is 0.194. The van der Waals surface area contributed by atoms with Gasteiger partial charge in [0.1, 0.15) is 5.92 Å². The topological polar surface area (TPSA) is 52.6 Å². The molecule has 0 aromatic rings. The van der Waals surface area contributed by atoms with E-state index in [9.17, 15) is 9.59 Å². The molecule has 0 aromatic carbocycles. The summed E-state index contributed by atoms with van der Waals surface area (Å²) < 4.78 is 13.5. The predicted molar refractivity (Wildman–Crippen MR) is 126 cm³/mol. The summed E-state index contributed by atoms with van der Waals surface area (Å²) in [6.45, 7) is 21.0. The third-order valence-electron chi connectivity index (χ3n) is 8.35. The van der Waals surface area contributed by atoms with Crippen molar-refractivity contribution in [3.63, 3.8) is 0 Å². The Morgan fingerprint density at radius 2 is 1.93 bits per heavy atom. The van der Waals surface area contributed by atoms with E-state index in [1.165, 1.54) is 0 Å². The first-order valence-corrected chi connectivity index (χ1v) is 14.5. The van der Waals surface area contributed by atoms with E-state index >= 15 is 0 Å². The Bertz CT molecular complexity index is 793. The van der Waals surface area contributed by atoms with Gasteiger partial charge in [-0.05, 0) is 59.0 Å². The molecule has 4 rings (SSSR count). The van der Waals surface area contributed by atoms with Crippen molar-refractivity contribution in [3.8, 4) is 0 Å². The summed E-state index contributed by atoms with van der Waals surface area (Å²) in [7, 11) is -2.34. The normalized spacial score (nSPS) is 38.6. The van der Waals surface area contributed by atoms with Gasteiger partial charge in [0.25, 0.3) is 8.32 Å². The lowest BCUT2D eigenvalue weighted by atomic mass is 9.46. The molecule has 162 valence electrons. The zero-order valence-electron chi connectivity index (χ0n) is 19.0. The van der Waals surface area contributed by atoms with E-state index in [-0.39, 0.29) is 34.2 Å². The Morgan fingerprint density at radius 3 is 2.45 bits per heavy atom. The Hall–Kier alpha value is -0.633. The number of carbonyl (C=O) groups excluding carboxylic acids is 2. The molecule has 0 amide bonds. The van der Waals surface area contributed by atoms with Crippen molar-refractivity contribution in [2.45, 2.75) is 78.1 Å². The lowest BCUT2D eigenvalue weighted by molar-refractivity contribution is -0.230. The summed E-state index contributed by atoms with van der Waals surface area (Å²) in [5.74, 6) is -1.22. The van der Waals surface area contributed by atoms with E-state index in [4.69, 9.17) is 9.16 Å². The summed E-state index contributed by atoms with van der Waals surface area (Å²) in [6.07, 6.45) is 5.63. The molecular formula is C23H35IO4Si. The molecule has 0 N–H and O–H groups in total. The molecule has 5 atom stereocenters. The molecule has 2 aliphatic heterocycles.